The fourth-order valence-electron chi connectivity index (χ4n) is 3.53. The highest BCUT2D eigenvalue weighted by molar-refractivity contribution is 6.17. The number of aromatic amines is 2. The predicted octanol–water partition coefficient (Wildman–Crippen LogP) is 5.49. The molecule has 0 radical (unpaired) electrons. The van der Waals surface area contributed by atoms with Gasteiger partial charge in [0, 0.05) is 43.6 Å². The van der Waals surface area contributed by atoms with E-state index >= 15 is 0 Å². The number of carbonyl (C=O) groups excluding carboxylic acids is 1. The van der Waals surface area contributed by atoms with E-state index in [0.717, 1.165) is 32.8 Å². The predicted molar refractivity (Wildman–Crippen MR) is 103 cm³/mol. The van der Waals surface area contributed by atoms with Crippen molar-refractivity contribution >= 4 is 49.8 Å². The summed E-state index contributed by atoms with van der Waals surface area (Å²) in [6.07, 6.45) is -0.689. The Kier molecular flexibility index (Phi) is 3.15. The lowest BCUT2D eigenvalue weighted by atomic mass is 10.1. The maximum absolute atomic E-state index is 11.6. The number of fused-ring (bicyclic) bond motifs is 6. The van der Waals surface area contributed by atoms with Gasteiger partial charge in [0.25, 0.3) is 0 Å². The molecular formula is C21H16N2O3. The molecule has 0 atom stereocenters. The van der Waals surface area contributed by atoms with Crippen LogP contribution in [0.15, 0.2) is 54.6 Å². The second kappa shape index (κ2) is 5.52. The van der Waals surface area contributed by atoms with Crippen molar-refractivity contribution in [1.29, 1.82) is 0 Å². The molecule has 0 spiro atoms. The van der Waals surface area contributed by atoms with E-state index in [1.807, 2.05) is 24.3 Å². The molecule has 0 amide bonds. The molecule has 3 aromatic carbocycles. The normalized spacial score (nSPS) is 11.6. The number of benzene rings is 3. The fourth-order valence-corrected chi connectivity index (χ4v) is 3.53. The highest BCUT2D eigenvalue weighted by Gasteiger charge is 2.12. The van der Waals surface area contributed by atoms with E-state index < -0.39 is 6.16 Å². The first-order valence-corrected chi connectivity index (χ1v) is 8.53. The van der Waals surface area contributed by atoms with E-state index in [1.165, 1.54) is 10.8 Å². The number of H-pyrrole nitrogens is 2. The molecule has 5 nitrogen and oxygen atoms in total. The van der Waals surface area contributed by atoms with Gasteiger partial charge in [-0.15, -0.1) is 0 Å². The van der Waals surface area contributed by atoms with Crippen LogP contribution in [0.4, 0.5) is 4.79 Å². The summed E-state index contributed by atoms with van der Waals surface area (Å²) in [4.78, 5) is 18.5. The highest BCUT2D eigenvalue weighted by Crippen LogP contribution is 2.34. The van der Waals surface area contributed by atoms with Crippen LogP contribution in [0.5, 0.6) is 5.75 Å². The number of para-hydroxylation sites is 1. The van der Waals surface area contributed by atoms with E-state index in [-0.39, 0.29) is 6.61 Å². The largest absolute Gasteiger partial charge is 0.513 e. The standard InChI is InChI=1S/C21H16N2O3/c1-2-25-21(24)26-12-7-8-18-14(9-12)16-10-15-13-5-3-4-6-17(13)22-19(15)11-20(16)23-18/h3-11,22-23H,2H2,1H3. The Hall–Kier alpha value is -3.47. The lowest BCUT2D eigenvalue weighted by molar-refractivity contribution is 0.104. The Morgan fingerprint density at radius 2 is 1.50 bits per heavy atom. The van der Waals surface area contributed by atoms with Crippen molar-refractivity contribution < 1.29 is 14.3 Å². The molecule has 2 N–H and O–H groups in total. The molecule has 0 aliphatic heterocycles. The molecule has 5 aromatic rings. The molecule has 0 saturated carbocycles. The molecule has 2 heterocycles. The van der Waals surface area contributed by atoms with Crippen LogP contribution in [-0.2, 0) is 4.74 Å². The maximum Gasteiger partial charge on any atom is 0.513 e. The minimum absolute atomic E-state index is 0.284. The Morgan fingerprint density at radius 3 is 2.31 bits per heavy atom. The molecular weight excluding hydrogens is 328 g/mol. The third-order valence-corrected chi connectivity index (χ3v) is 4.66. The zero-order valence-electron chi connectivity index (χ0n) is 14.1. The maximum atomic E-state index is 11.6. The fraction of sp³-hybridized carbons (Fsp3) is 0.0952. The zero-order chi connectivity index (χ0) is 17.7. The van der Waals surface area contributed by atoms with Crippen molar-refractivity contribution in [2.24, 2.45) is 0 Å². The highest BCUT2D eigenvalue weighted by atomic mass is 16.7. The first-order chi connectivity index (χ1) is 12.7. The zero-order valence-corrected chi connectivity index (χ0v) is 14.1. The number of ether oxygens (including phenoxy) is 2. The lowest BCUT2D eigenvalue weighted by Gasteiger charge is -2.03. The smallest absolute Gasteiger partial charge is 0.434 e. The summed E-state index contributed by atoms with van der Waals surface area (Å²) in [5.41, 5.74) is 4.24. The molecule has 0 fully saturated rings. The van der Waals surface area contributed by atoms with E-state index in [9.17, 15) is 4.79 Å². The van der Waals surface area contributed by atoms with Crippen molar-refractivity contribution in [2.75, 3.05) is 6.61 Å². The molecule has 0 saturated heterocycles. The summed E-state index contributed by atoms with van der Waals surface area (Å²) in [6, 6.07) is 18.1. The van der Waals surface area contributed by atoms with Gasteiger partial charge >= 0.3 is 6.16 Å². The Balaban J connectivity index is 1.72. The first kappa shape index (κ1) is 14.8. The number of hydrogen-bond donors (Lipinski definition) is 2. The van der Waals surface area contributed by atoms with Crippen LogP contribution in [0.1, 0.15) is 6.92 Å². The van der Waals surface area contributed by atoms with Gasteiger partial charge < -0.3 is 19.4 Å². The second-order valence-electron chi connectivity index (χ2n) is 6.23. The topological polar surface area (TPSA) is 67.1 Å². The summed E-state index contributed by atoms with van der Waals surface area (Å²) < 4.78 is 10.1. The van der Waals surface area contributed by atoms with E-state index in [1.54, 1.807) is 13.0 Å². The average molecular weight is 344 g/mol. The van der Waals surface area contributed by atoms with Crippen LogP contribution in [-0.4, -0.2) is 22.7 Å². The number of nitrogens with one attached hydrogen (secondary N) is 2. The van der Waals surface area contributed by atoms with Gasteiger partial charge in [-0.1, -0.05) is 18.2 Å². The van der Waals surface area contributed by atoms with Crippen molar-refractivity contribution in [3.63, 3.8) is 0 Å². The number of hydrogen-bond acceptors (Lipinski definition) is 3. The van der Waals surface area contributed by atoms with E-state index in [2.05, 4.69) is 34.2 Å². The first-order valence-electron chi connectivity index (χ1n) is 8.53. The van der Waals surface area contributed by atoms with Gasteiger partial charge in [0.05, 0.1) is 6.61 Å². The SMILES string of the molecule is CCOC(=O)Oc1ccc2[nH]c3cc4[nH]c5ccccc5c4cc3c2c1. The molecule has 128 valence electrons. The Labute approximate surface area is 148 Å². The van der Waals surface area contributed by atoms with Crippen molar-refractivity contribution in [3.8, 4) is 5.75 Å². The lowest BCUT2D eigenvalue weighted by Crippen LogP contribution is -2.09. The summed E-state index contributed by atoms with van der Waals surface area (Å²) in [5.74, 6) is 0.468. The van der Waals surface area contributed by atoms with Crippen LogP contribution in [0, 0.1) is 0 Å². The van der Waals surface area contributed by atoms with Crippen molar-refractivity contribution in [2.45, 2.75) is 6.92 Å². The summed E-state index contributed by atoms with van der Waals surface area (Å²) in [6.45, 7) is 2.03. The van der Waals surface area contributed by atoms with Crippen LogP contribution in [0.25, 0.3) is 43.6 Å². The third kappa shape index (κ3) is 2.21. The van der Waals surface area contributed by atoms with Gasteiger partial charge in [0.15, 0.2) is 0 Å². The summed E-state index contributed by atoms with van der Waals surface area (Å²) >= 11 is 0. The van der Waals surface area contributed by atoms with Gasteiger partial charge in [-0.2, -0.15) is 0 Å². The molecule has 5 rings (SSSR count). The van der Waals surface area contributed by atoms with Crippen LogP contribution >= 0.6 is 0 Å². The molecule has 0 aliphatic rings. The van der Waals surface area contributed by atoms with Gasteiger partial charge in [-0.25, -0.2) is 4.79 Å². The van der Waals surface area contributed by atoms with Gasteiger partial charge in [-0.3, -0.25) is 0 Å². The third-order valence-electron chi connectivity index (χ3n) is 4.66. The van der Waals surface area contributed by atoms with Crippen molar-refractivity contribution in [3.05, 3.63) is 54.6 Å². The number of aromatic nitrogens is 2. The van der Waals surface area contributed by atoms with E-state index in [4.69, 9.17) is 9.47 Å². The van der Waals surface area contributed by atoms with E-state index in [0.29, 0.717) is 5.75 Å². The van der Waals surface area contributed by atoms with Crippen LogP contribution in [0.2, 0.25) is 0 Å². The Bertz CT molecular complexity index is 1300. The summed E-state index contributed by atoms with van der Waals surface area (Å²) in [7, 11) is 0. The molecule has 2 aromatic heterocycles. The summed E-state index contributed by atoms with van der Waals surface area (Å²) in [5, 5.41) is 4.46. The monoisotopic (exact) mass is 344 g/mol. The molecule has 0 aliphatic carbocycles. The minimum atomic E-state index is -0.689. The van der Waals surface area contributed by atoms with Gasteiger partial charge in [-0.05, 0) is 43.3 Å². The van der Waals surface area contributed by atoms with Crippen molar-refractivity contribution in [1.82, 2.24) is 9.97 Å². The molecule has 5 heteroatoms. The number of carbonyl (C=O) groups is 1. The quantitative estimate of drug-likeness (QED) is 0.329. The average Bonchev–Trinajstić information content (AvgIpc) is 3.17. The number of rotatable bonds is 2. The van der Waals surface area contributed by atoms with Crippen LogP contribution < -0.4 is 4.74 Å². The molecule has 26 heavy (non-hydrogen) atoms. The van der Waals surface area contributed by atoms with Crippen LogP contribution in [0.3, 0.4) is 0 Å². The molecule has 0 unspecified atom stereocenters. The van der Waals surface area contributed by atoms with Gasteiger partial charge in [0.1, 0.15) is 5.75 Å². The molecule has 0 bridgehead atoms. The van der Waals surface area contributed by atoms with Gasteiger partial charge in [0.2, 0.25) is 0 Å². The Morgan fingerprint density at radius 1 is 0.808 bits per heavy atom. The minimum Gasteiger partial charge on any atom is -0.434 e. The second-order valence-corrected chi connectivity index (χ2v) is 6.23.